The van der Waals surface area contributed by atoms with E-state index in [1.807, 2.05) is 24.2 Å². The van der Waals surface area contributed by atoms with Gasteiger partial charge in [-0.05, 0) is 12.1 Å². The van der Waals surface area contributed by atoms with Gasteiger partial charge in [0, 0.05) is 39.9 Å². The van der Waals surface area contributed by atoms with E-state index in [4.69, 9.17) is 10.00 Å². The van der Waals surface area contributed by atoms with Crippen molar-refractivity contribution in [1.29, 1.82) is 5.26 Å². The van der Waals surface area contributed by atoms with Crippen LogP contribution in [0.4, 0.5) is 0 Å². The van der Waals surface area contributed by atoms with Gasteiger partial charge in [-0.15, -0.1) is 0 Å². The fourth-order valence-corrected chi connectivity index (χ4v) is 1.73. The van der Waals surface area contributed by atoms with Crippen LogP contribution in [0.15, 0.2) is 18.3 Å². The van der Waals surface area contributed by atoms with E-state index < -0.39 is 0 Å². The molecule has 5 heteroatoms. The van der Waals surface area contributed by atoms with Crippen molar-refractivity contribution in [2.75, 3.05) is 33.4 Å². The lowest BCUT2D eigenvalue weighted by Crippen LogP contribution is -2.34. The molecule has 98 valence electrons. The van der Waals surface area contributed by atoms with Gasteiger partial charge in [-0.3, -0.25) is 9.69 Å². The number of methoxy groups -OCH3 is 1. The van der Waals surface area contributed by atoms with Crippen LogP contribution in [0.25, 0.3) is 0 Å². The average molecular weight is 249 g/mol. The highest BCUT2D eigenvalue weighted by molar-refractivity contribution is 5.96. The van der Waals surface area contributed by atoms with Gasteiger partial charge in [-0.2, -0.15) is 5.26 Å². The number of rotatable bonds is 8. The molecule has 0 saturated carbocycles. The maximum atomic E-state index is 12.1. The highest BCUT2D eigenvalue weighted by atomic mass is 16.5. The summed E-state index contributed by atoms with van der Waals surface area (Å²) < 4.78 is 6.81. The first-order chi connectivity index (χ1) is 8.69. The van der Waals surface area contributed by atoms with Crippen molar-refractivity contribution in [3.8, 4) is 6.07 Å². The Hall–Kier alpha value is -1.64. The van der Waals surface area contributed by atoms with Crippen molar-refractivity contribution in [3.05, 3.63) is 24.0 Å². The second-order valence-corrected chi connectivity index (χ2v) is 4.10. The normalized spacial score (nSPS) is 10.6. The third-order valence-corrected chi connectivity index (χ3v) is 2.75. The fourth-order valence-electron chi connectivity index (χ4n) is 1.73. The molecule has 0 radical (unpaired) electrons. The van der Waals surface area contributed by atoms with Crippen molar-refractivity contribution in [1.82, 2.24) is 9.47 Å². The Morgan fingerprint density at radius 2 is 2.33 bits per heavy atom. The van der Waals surface area contributed by atoms with Gasteiger partial charge in [0.15, 0.2) is 5.78 Å². The Morgan fingerprint density at radius 1 is 1.56 bits per heavy atom. The molecule has 1 aromatic rings. The van der Waals surface area contributed by atoms with E-state index in [0.29, 0.717) is 38.4 Å². The number of aromatic nitrogens is 1. The summed E-state index contributed by atoms with van der Waals surface area (Å²) in [6.07, 6.45) is 2.27. The zero-order valence-corrected chi connectivity index (χ0v) is 10.9. The molecule has 1 heterocycles. The van der Waals surface area contributed by atoms with Gasteiger partial charge in [0.1, 0.15) is 0 Å². The molecule has 0 bridgehead atoms. The van der Waals surface area contributed by atoms with Crippen molar-refractivity contribution in [3.63, 3.8) is 0 Å². The van der Waals surface area contributed by atoms with Crippen molar-refractivity contribution in [2.24, 2.45) is 7.05 Å². The number of hydrogen-bond donors (Lipinski definition) is 0. The largest absolute Gasteiger partial charge is 0.383 e. The van der Waals surface area contributed by atoms with Gasteiger partial charge in [0.2, 0.25) is 0 Å². The average Bonchev–Trinajstić information content (AvgIpc) is 2.78. The maximum Gasteiger partial charge on any atom is 0.193 e. The molecule has 0 aliphatic rings. The molecule has 1 aromatic heterocycles. The molecule has 0 aromatic carbocycles. The van der Waals surface area contributed by atoms with Crippen molar-refractivity contribution >= 4 is 5.78 Å². The molecule has 5 nitrogen and oxygen atoms in total. The Labute approximate surface area is 108 Å². The first-order valence-corrected chi connectivity index (χ1v) is 5.91. The molecule has 0 unspecified atom stereocenters. The Kier molecular flexibility index (Phi) is 6.12. The van der Waals surface area contributed by atoms with E-state index in [1.165, 1.54) is 0 Å². The second-order valence-electron chi connectivity index (χ2n) is 4.10. The third kappa shape index (κ3) is 4.32. The highest BCUT2D eigenvalue weighted by Crippen LogP contribution is 2.03. The Morgan fingerprint density at radius 3 is 2.89 bits per heavy atom. The van der Waals surface area contributed by atoms with Crippen LogP contribution in [0.5, 0.6) is 0 Å². The van der Waals surface area contributed by atoms with Crippen molar-refractivity contribution in [2.45, 2.75) is 6.42 Å². The highest BCUT2D eigenvalue weighted by Gasteiger charge is 2.14. The summed E-state index contributed by atoms with van der Waals surface area (Å²) >= 11 is 0. The number of nitriles is 1. The summed E-state index contributed by atoms with van der Waals surface area (Å²) in [4.78, 5) is 14.0. The summed E-state index contributed by atoms with van der Waals surface area (Å²) in [6.45, 7) is 2.14. The zero-order chi connectivity index (χ0) is 13.4. The van der Waals surface area contributed by atoms with E-state index in [9.17, 15) is 4.79 Å². The van der Waals surface area contributed by atoms with Crippen LogP contribution < -0.4 is 0 Å². The molecule has 0 atom stereocenters. The summed E-state index contributed by atoms with van der Waals surface area (Å²) in [7, 11) is 3.48. The molecular weight excluding hydrogens is 230 g/mol. The molecular formula is C13H19N3O2. The van der Waals surface area contributed by atoms with Crippen LogP contribution in [0.2, 0.25) is 0 Å². The van der Waals surface area contributed by atoms with Crippen LogP contribution >= 0.6 is 0 Å². The quantitative estimate of drug-likeness (QED) is 0.647. The molecule has 0 amide bonds. The van der Waals surface area contributed by atoms with Crippen LogP contribution in [-0.4, -0.2) is 48.6 Å². The van der Waals surface area contributed by atoms with Gasteiger partial charge < -0.3 is 9.30 Å². The number of Topliss-reactive ketones (excluding diaryl/α,β-unsaturated/α-hetero) is 1. The van der Waals surface area contributed by atoms with Gasteiger partial charge in [0.05, 0.1) is 24.9 Å². The molecule has 0 aliphatic carbocycles. The smallest absolute Gasteiger partial charge is 0.193 e. The lowest BCUT2D eigenvalue weighted by molar-refractivity contribution is 0.0890. The number of aryl methyl sites for hydroxylation is 1. The molecule has 0 saturated heterocycles. The monoisotopic (exact) mass is 249 g/mol. The standard InChI is InChI=1S/C13H19N3O2/c1-15-7-3-5-12(15)13(17)11-16(8-4-6-14)9-10-18-2/h3,5,7H,4,8-11H2,1-2H3. The van der Waals surface area contributed by atoms with E-state index >= 15 is 0 Å². The van der Waals surface area contributed by atoms with Gasteiger partial charge in [-0.25, -0.2) is 0 Å². The van der Waals surface area contributed by atoms with E-state index in [0.717, 1.165) is 0 Å². The van der Waals surface area contributed by atoms with Crippen LogP contribution in [0, 0.1) is 11.3 Å². The molecule has 0 spiro atoms. The molecule has 18 heavy (non-hydrogen) atoms. The van der Waals surface area contributed by atoms with Crippen LogP contribution in [-0.2, 0) is 11.8 Å². The summed E-state index contributed by atoms with van der Waals surface area (Å²) in [5, 5.41) is 8.61. The minimum absolute atomic E-state index is 0.0662. The summed E-state index contributed by atoms with van der Waals surface area (Å²) in [5.41, 5.74) is 0.689. The second kappa shape index (κ2) is 7.64. The Balaban J connectivity index is 2.56. The SMILES string of the molecule is COCCN(CCC#N)CC(=O)c1cccn1C. The predicted octanol–water partition coefficient (Wildman–Crippen LogP) is 1.07. The molecule has 0 fully saturated rings. The zero-order valence-electron chi connectivity index (χ0n) is 10.9. The summed E-state index contributed by atoms with van der Waals surface area (Å²) in [5.74, 6) is 0.0662. The van der Waals surface area contributed by atoms with Gasteiger partial charge >= 0.3 is 0 Å². The fraction of sp³-hybridized carbons (Fsp3) is 0.538. The first kappa shape index (κ1) is 14.4. The van der Waals surface area contributed by atoms with Gasteiger partial charge in [0.25, 0.3) is 0 Å². The lowest BCUT2D eigenvalue weighted by atomic mass is 10.2. The minimum Gasteiger partial charge on any atom is -0.383 e. The first-order valence-electron chi connectivity index (χ1n) is 5.91. The Bertz CT molecular complexity index is 420. The number of carbonyl (C=O) groups is 1. The van der Waals surface area contributed by atoms with E-state index in [2.05, 4.69) is 6.07 Å². The number of ether oxygens (including phenoxy) is 1. The maximum absolute atomic E-state index is 12.1. The predicted molar refractivity (Wildman–Crippen MR) is 68.3 cm³/mol. The lowest BCUT2D eigenvalue weighted by Gasteiger charge is -2.19. The van der Waals surface area contributed by atoms with Crippen molar-refractivity contribution < 1.29 is 9.53 Å². The minimum atomic E-state index is 0.0662. The number of carbonyl (C=O) groups excluding carboxylic acids is 1. The van der Waals surface area contributed by atoms with Crippen LogP contribution in [0.1, 0.15) is 16.9 Å². The van der Waals surface area contributed by atoms with Gasteiger partial charge in [-0.1, -0.05) is 0 Å². The molecule has 1 rings (SSSR count). The number of nitrogens with zero attached hydrogens (tertiary/aromatic N) is 3. The molecule has 0 N–H and O–H groups in total. The van der Waals surface area contributed by atoms with Crippen LogP contribution in [0.3, 0.4) is 0 Å². The van der Waals surface area contributed by atoms with E-state index in [1.54, 1.807) is 17.7 Å². The number of ketones is 1. The number of hydrogen-bond acceptors (Lipinski definition) is 4. The van der Waals surface area contributed by atoms with E-state index in [-0.39, 0.29) is 5.78 Å². The summed E-state index contributed by atoms with van der Waals surface area (Å²) in [6, 6.07) is 5.75. The molecule has 0 aliphatic heterocycles. The third-order valence-electron chi connectivity index (χ3n) is 2.75. The topological polar surface area (TPSA) is 58.3 Å².